The lowest BCUT2D eigenvalue weighted by atomic mass is 10.1. The van der Waals surface area contributed by atoms with Crippen LogP contribution in [0.15, 0.2) is 108 Å². The molecule has 1 amide bonds. The Morgan fingerprint density at radius 1 is 0.949 bits per heavy atom. The van der Waals surface area contributed by atoms with E-state index in [1.54, 1.807) is 6.20 Å². The van der Waals surface area contributed by atoms with E-state index in [1.165, 1.54) is 0 Å². The Labute approximate surface area is 225 Å². The molecule has 192 valence electrons. The number of ether oxygens (including phenoxy) is 1. The number of aromatic amines is 1. The highest BCUT2D eigenvalue weighted by Crippen LogP contribution is 2.32. The molecule has 2 aromatic heterocycles. The maximum absolute atomic E-state index is 12.9. The fraction of sp³-hybridized carbons (Fsp3) is 0.0938. The highest BCUT2D eigenvalue weighted by atomic mass is 16.5. The van der Waals surface area contributed by atoms with Crippen molar-refractivity contribution in [3.05, 3.63) is 120 Å². The smallest absolute Gasteiger partial charge is 0.231 e. The summed E-state index contributed by atoms with van der Waals surface area (Å²) in [5.41, 5.74) is 7.71. The highest BCUT2D eigenvalue weighted by molar-refractivity contribution is 5.93. The Morgan fingerprint density at radius 3 is 2.59 bits per heavy atom. The molecule has 0 aliphatic carbocycles. The number of hydrogen-bond donors (Lipinski definition) is 2. The van der Waals surface area contributed by atoms with Crippen LogP contribution in [0.3, 0.4) is 0 Å². The summed E-state index contributed by atoms with van der Waals surface area (Å²) in [5, 5.41) is 10.2. The second-order valence-corrected chi connectivity index (χ2v) is 9.33. The minimum atomic E-state index is -0.123. The Balaban J connectivity index is 1.13. The van der Waals surface area contributed by atoms with E-state index < -0.39 is 0 Å². The molecule has 2 heterocycles. The van der Waals surface area contributed by atoms with Crippen molar-refractivity contribution < 1.29 is 13.9 Å². The van der Waals surface area contributed by atoms with E-state index in [1.807, 2.05) is 104 Å². The Morgan fingerprint density at radius 2 is 1.74 bits per heavy atom. The maximum Gasteiger partial charge on any atom is 0.231 e. The number of aromatic nitrogens is 3. The topological polar surface area (TPSA) is 93.0 Å². The fourth-order valence-corrected chi connectivity index (χ4v) is 4.44. The molecule has 6 aromatic rings. The van der Waals surface area contributed by atoms with Crippen LogP contribution in [0.25, 0.3) is 33.8 Å². The van der Waals surface area contributed by atoms with E-state index in [-0.39, 0.29) is 12.3 Å². The van der Waals surface area contributed by atoms with Gasteiger partial charge in [-0.15, -0.1) is 0 Å². The third-order valence-electron chi connectivity index (χ3n) is 6.43. The van der Waals surface area contributed by atoms with Gasteiger partial charge in [-0.2, -0.15) is 5.10 Å². The third kappa shape index (κ3) is 5.43. The zero-order valence-electron chi connectivity index (χ0n) is 21.3. The van der Waals surface area contributed by atoms with Crippen LogP contribution in [0, 0.1) is 6.92 Å². The van der Waals surface area contributed by atoms with E-state index in [2.05, 4.69) is 20.5 Å². The molecule has 6 rings (SSSR count). The van der Waals surface area contributed by atoms with Crippen molar-refractivity contribution in [3.8, 4) is 28.5 Å². The summed E-state index contributed by atoms with van der Waals surface area (Å²) < 4.78 is 12.0. The summed E-state index contributed by atoms with van der Waals surface area (Å²) in [6.45, 7) is 2.46. The van der Waals surface area contributed by atoms with Gasteiger partial charge in [0.05, 0.1) is 23.9 Å². The lowest BCUT2D eigenvalue weighted by Crippen LogP contribution is -2.15. The summed E-state index contributed by atoms with van der Waals surface area (Å²) in [4.78, 5) is 17.5. The summed E-state index contributed by atoms with van der Waals surface area (Å²) in [6.07, 6.45) is 1.91. The Hall–Kier alpha value is -5.17. The molecule has 39 heavy (non-hydrogen) atoms. The minimum Gasteiger partial charge on any atom is -0.489 e. The molecule has 0 bridgehead atoms. The normalized spacial score (nSPS) is 11.0. The number of benzene rings is 4. The zero-order chi connectivity index (χ0) is 26.6. The van der Waals surface area contributed by atoms with E-state index in [4.69, 9.17) is 9.15 Å². The summed E-state index contributed by atoms with van der Waals surface area (Å²) in [5.74, 6) is 1.08. The van der Waals surface area contributed by atoms with Gasteiger partial charge in [-0.05, 0) is 48.4 Å². The van der Waals surface area contributed by atoms with E-state index in [0.29, 0.717) is 23.9 Å². The fourth-order valence-electron chi connectivity index (χ4n) is 4.44. The molecule has 4 aromatic carbocycles. The van der Waals surface area contributed by atoms with Crippen molar-refractivity contribution in [1.82, 2.24) is 15.2 Å². The van der Waals surface area contributed by atoms with Gasteiger partial charge in [0.25, 0.3) is 0 Å². The molecule has 0 spiro atoms. The zero-order valence-corrected chi connectivity index (χ0v) is 21.3. The molecule has 0 saturated heterocycles. The van der Waals surface area contributed by atoms with Gasteiger partial charge in [0.2, 0.25) is 11.8 Å². The number of rotatable bonds is 8. The van der Waals surface area contributed by atoms with Crippen LogP contribution in [0.5, 0.6) is 5.75 Å². The molecule has 2 N–H and O–H groups in total. The number of nitrogens with one attached hydrogen (secondary N) is 2. The summed E-state index contributed by atoms with van der Waals surface area (Å²) >= 11 is 0. The number of fused-ring (bicyclic) bond motifs is 1. The number of nitrogens with zero attached hydrogens (tertiary/aromatic N) is 2. The second kappa shape index (κ2) is 10.7. The van der Waals surface area contributed by atoms with Crippen molar-refractivity contribution in [2.75, 3.05) is 5.32 Å². The van der Waals surface area contributed by atoms with E-state index >= 15 is 0 Å². The average molecular weight is 515 g/mol. The van der Waals surface area contributed by atoms with Gasteiger partial charge >= 0.3 is 0 Å². The number of carbonyl (C=O) groups excluding carboxylic acids is 1. The molecule has 0 unspecified atom stereocenters. The number of aryl methyl sites for hydroxylation is 1. The van der Waals surface area contributed by atoms with E-state index in [0.717, 1.165) is 44.6 Å². The molecule has 0 fully saturated rings. The van der Waals surface area contributed by atoms with Crippen LogP contribution < -0.4 is 10.1 Å². The quantitative estimate of drug-likeness (QED) is 0.229. The number of H-pyrrole nitrogens is 1. The molecule has 0 saturated carbocycles. The predicted octanol–water partition coefficient (Wildman–Crippen LogP) is 6.95. The SMILES string of the molecule is Cc1ccc2nc(-c3cn[nH]c3-c3ccc(NC(=O)Cc4ccccc4OCc4ccccc4)cc3)oc2c1. The van der Waals surface area contributed by atoms with Crippen LogP contribution in [0.4, 0.5) is 5.69 Å². The first-order chi connectivity index (χ1) is 19.1. The number of carbonyl (C=O) groups is 1. The number of para-hydroxylation sites is 1. The first kappa shape index (κ1) is 24.2. The third-order valence-corrected chi connectivity index (χ3v) is 6.43. The molecule has 0 aliphatic rings. The van der Waals surface area contributed by atoms with Crippen molar-refractivity contribution in [2.24, 2.45) is 0 Å². The standard InChI is InChI=1S/C32H26N4O3/c1-21-11-16-27-29(17-21)39-32(35-27)26-19-33-36-31(26)23-12-14-25(15-13-23)34-30(37)18-24-9-5-6-10-28(24)38-20-22-7-3-2-4-8-22/h2-17,19H,18,20H2,1H3,(H,33,36)(H,34,37). The molecular formula is C32H26N4O3. The lowest BCUT2D eigenvalue weighted by Gasteiger charge is -2.12. The van der Waals surface area contributed by atoms with Gasteiger partial charge in [0.15, 0.2) is 5.58 Å². The van der Waals surface area contributed by atoms with Crippen LogP contribution in [-0.4, -0.2) is 21.1 Å². The summed E-state index contributed by atoms with van der Waals surface area (Å²) in [7, 11) is 0. The van der Waals surface area contributed by atoms with Crippen LogP contribution in [0.2, 0.25) is 0 Å². The Kier molecular flexibility index (Phi) is 6.62. The number of oxazole rings is 1. The minimum absolute atomic E-state index is 0.123. The lowest BCUT2D eigenvalue weighted by molar-refractivity contribution is -0.115. The van der Waals surface area contributed by atoms with Gasteiger partial charge in [-0.25, -0.2) is 4.98 Å². The Bertz CT molecular complexity index is 1740. The van der Waals surface area contributed by atoms with Crippen molar-refractivity contribution in [3.63, 3.8) is 0 Å². The van der Waals surface area contributed by atoms with Crippen molar-refractivity contribution in [2.45, 2.75) is 20.0 Å². The van der Waals surface area contributed by atoms with Crippen LogP contribution >= 0.6 is 0 Å². The molecular weight excluding hydrogens is 488 g/mol. The molecule has 7 nitrogen and oxygen atoms in total. The van der Waals surface area contributed by atoms with E-state index in [9.17, 15) is 4.79 Å². The van der Waals surface area contributed by atoms with Crippen LogP contribution in [0.1, 0.15) is 16.7 Å². The largest absolute Gasteiger partial charge is 0.489 e. The molecule has 0 aliphatic heterocycles. The number of amides is 1. The molecule has 0 radical (unpaired) electrons. The maximum atomic E-state index is 12.9. The van der Waals surface area contributed by atoms with Gasteiger partial charge in [0, 0.05) is 16.8 Å². The monoisotopic (exact) mass is 514 g/mol. The van der Waals surface area contributed by atoms with Crippen molar-refractivity contribution in [1.29, 1.82) is 0 Å². The first-order valence-electron chi connectivity index (χ1n) is 12.7. The number of anilines is 1. The molecule has 7 heteroatoms. The van der Waals surface area contributed by atoms with Crippen molar-refractivity contribution >= 4 is 22.7 Å². The average Bonchev–Trinajstić information content (AvgIpc) is 3.60. The molecule has 0 atom stereocenters. The van der Waals surface area contributed by atoms with Gasteiger partial charge in [-0.1, -0.05) is 66.7 Å². The highest BCUT2D eigenvalue weighted by Gasteiger charge is 2.16. The van der Waals surface area contributed by atoms with Gasteiger partial charge < -0.3 is 14.5 Å². The second-order valence-electron chi connectivity index (χ2n) is 9.33. The number of hydrogen-bond acceptors (Lipinski definition) is 5. The predicted molar refractivity (Wildman–Crippen MR) is 151 cm³/mol. The van der Waals surface area contributed by atoms with Crippen LogP contribution in [-0.2, 0) is 17.8 Å². The van der Waals surface area contributed by atoms with Gasteiger partial charge in [-0.3, -0.25) is 9.89 Å². The van der Waals surface area contributed by atoms with Gasteiger partial charge in [0.1, 0.15) is 17.9 Å². The first-order valence-corrected chi connectivity index (χ1v) is 12.7. The summed E-state index contributed by atoms with van der Waals surface area (Å²) in [6, 6.07) is 31.1.